The van der Waals surface area contributed by atoms with Gasteiger partial charge in [0, 0.05) is 12.2 Å². The first-order chi connectivity index (χ1) is 9.09. The van der Waals surface area contributed by atoms with Gasteiger partial charge in [-0.05, 0) is 31.2 Å². The highest BCUT2D eigenvalue weighted by Crippen LogP contribution is 2.26. The molecule has 0 spiro atoms. The third-order valence-corrected chi connectivity index (χ3v) is 2.63. The van der Waals surface area contributed by atoms with Gasteiger partial charge in [0.1, 0.15) is 0 Å². The van der Waals surface area contributed by atoms with E-state index in [-0.39, 0.29) is 5.75 Å². The van der Waals surface area contributed by atoms with Gasteiger partial charge in [0.05, 0.1) is 5.69 Å². The highest BCUT2D eigenvalue weighted by Gasteiger charge is 2.21. The van der Waals surface area contributed by atoms with E-state index in [1.165, 1.54) is 12.1 Å². The summed E-state index contributed by atoms with van der Waals surface area (Å²) in [5, 5.41) is 0. The molecule has 2 N–H and O–H groups in total. The van der Waals surface area contributed by atoms with E-state index < -0.39 is 23.8 Å². The maximum atomic E-state index is 13.6. The molecule has 19 heavy (non-hydrogen) atoms. The standard InChI is InChI=1S/C14H14F2N2O/c1-9(17)14(11-6-2-3-8-18-11)19-12-7-4-5-10(15)13(12)16/h2-9,14H,17H2,1H3. The number of aromatic nitrogens is 1. The summed E-state index contributed by atoms with van der Waals surface area (Å²) < 4.78 is 32.2. The Bertz CT molecular complexity index is 546. The third kappa shape index (κ3) is 3.06. The average Bonchev–Trinajstić information content (AvgIpc) is 2.41. The van der Waals surface area contributed by atoms with Crippen LogP contribution in [0.5, 0.6) is 5.75 Å². The molecule has 0 saturated carbocycles. The van der Waals surface area contributed by atoms with Gasteiger partial charge >= 0.3 is 0 Å². The summed E-state index contributed by atoms with van der Waals surface area (Å²) >= 11 is 0. The van der Waals surface area contributed by atoms with Gasteiger partial charge in [-0.2, -0.15) is 4.39 Å². The normalized spacial score (nSPS) is 13.9. The van der Waals surface area contributed by atoms with Crippen molar-refractivity contribution in [2.75, 3.05) is 0 Å². The van der Waals surface area contributed by atoms with Gasteiger partial charge < -0.3 is 10.5 Å². The van der Waals surface area contributed by atoms with Crippen LogP contribution in [0.25, 0.3) is 0 Å². The van der Waals surface area contributed by atoms with Gasteiger partial charge in [0.15, 0.2) is 17.7 Å². The minimum atomic E-state index is -1.02. The van der Waals surface area contributed by atoms with E-state index in [0.29, 0.717) is 5.69 Å². The zero-order chi connectivity index (χ0) is 13.8. The van der Waals surface area contributed by atoms with E-state index in [0.717, 1.165) is 6.07 Å². The second-order valence-corrected chi connectivity index (χ2v) is 4.20. The second-order valence-electron chi connectivity index (χ2n) is 4.20. The van der Waals surface area contributed by atoms with Crippen LogP contribution < -0.4 is 10.5 Å². The lowest BCUT2D eigenvalue weighted by Crippen LogP contribution is -2.30. The lowest BCUT2D eigenvalue weighted by Gasteiger charge is -2.22. The summed E-state index contributed by atoms with van der Waals surface area (Å²) in [4.78, 5) is 4.13. The molecule has 100 valence electrons. The van der Waals surface area contributed by atoms with Crippen molar-refractivity contribution in [3.05, 3.63) is 59.9 Å². The monoisotopic (exact) mass is 264 g/mol. The number of nitrogens with zero attached hydrogens (tertiary/aromatic N) is 1. The molecule has 0 aliphatic rings. The molecular weight excluding hydrogens is 250 g/mol. The van der Waals surface area contributed by atoms with Crippen molar-refractivity contribution in [2.45, 2.75) is 19.1 Å². The van der Waals surface area contributed by atoms with Crippen molar-refractivity contribution < 1.29 is 13.5 Å². The van der Waals surface area contributed by atoms with E-state index in [4.69, 9.17) is 10.5 Å². The molecule has 1 aromatic heterocycles. The Balaban J connectivity index is 2.30. The molecule has 0 aliphatic carbocycles. The first-order valence-corrected chi connectivity index (χ1v) is 5.86. The van der Waals surface area contributed by atoms with Crippen LogP contribution in [0.15, 0.2) is 42.6 Å². The molecular formula is C14H14F2N2O. The molecule has 0 amide bonds. The first kappa shape index (κ1) is 13.4. The molecule has 2 atom stereocenters. The van der Waals surface area contributed by atoms with Crippen LogP contribution >= 0.6 is 0 Å². The summed E-state index contributed by atoms with van der Waals surface area (Å²) in [6.07, 6.45) is 0.952. The molecule has 0 radical (unpaired) electrons. The van der Waals surface area contributed by atoms with Crippen molar-refractivity contribution >= 4 is 0 Å². The molecule has 1 heterocycles. The summed E-state index contributed by atoms with van der Waals surface area (Å²) in [5.41, 5.74) is 6.39. The van der Waals surface area contributed by atoms with Crippen molar-refractivity contribution in [2.24, 2.45) is 5.73 Å². The first-order valence-electron chi connectivity index (χ1n) is 5.86. The number of ether oxygens (including phenoxy) is 1. The lowest BCUT2D eigenvalue weighted by atomic mass is 10.1. The fourth-order valence-electron chi connectivity index (χ4n) is 1.69. The van der Waals surface area contributed by atoms with E-state index in [1.54, 1.807) is 31.3 Å². The van der Waals surface area contributed by atoms with Gasteiger partial charge in [-0.1, -0.05) is 12.1 Å². The highest BCUT2D eigenvalue weighted by atomic mass is 19.2. The predicted molar refractivity (Wildman–Crippen MR) is 67.6 cm³/mol. The van der Waals surface area contributed by atoms with Gasteiger partial charge in [0.25, 0.3) is 0 Å². The molecule has 2 aromatic rings. The Labute approximate surface area is 110 Å². The topological polar surface area (TPSA) is 48.1 Å². The minimum absolute atomic E-state index is 0.173. The Kier molecular flexibility index (Phi) is 4.06. The zero-order valence-corrected chi connectivity index (χ0v) is 10.4. The van der Waals surface area contributed by atoms with Crippen LogP contribution in [0.4, 0.5) is 8.78 Å². The van der Waals surface area contributed by atoms with Crippen LogP contribution in [-0.4, -0.2) is 11.0 Å². The van der Waals surface area contributed by atoms with E-state index in [1.807, 2.05) is 0 Å². The number of hydrogen-bond donors (Lipinski definition) is 1. The van der Waals surface area contributed by atoms with Crippen molar-refractivity contribution in [1.82, 2.24) is 4.98 Å². The predicted octanol–water partition coefficient (Wildman–Crippen LogP) is 2.83. The van der Waals surface area contributed by atoms with Crippen LogP contribution in [0, 0.1) is 11.6 Å². The fourth-order valence-corrected chi connectivity index (χ4v) is 1.69. The molecule has 3 nitrogen and oxygen atoms in total. The summed E-state index contributed by atoms with van der Waals surface area (Å²) in [7, 11) is 0. The maximum Gasteiger partial charge on any atom is 0.200 e. The molecule has 0 bridgehead atoms. The van der Waals surface area contributed by atoms with Gasteiger partial charge in [-0.25, -0.2) is 4.39 Å². The van der Waals surface area contributed by atoms with Gasteiger partial charge in [-0.15, -0.1) is 0 Å². The molecule has 0 fully saturated rings. The lowest BCUT2D eigenvalue weighted by molar-refractivity contribution is 0.166. The Morgan fingerprint density at radius 1 is 1.16 bits per heavy atom. The summed E-state index contributed by atoms with van der Waals surface area (Å²) in [6, 6.07) is 8.61. The second kappa shape index (κ2) is 5.75. The maximum absolute atomic E-state index is 13.6. The van der Waals surface area contributed by atoms with Crippen LogP contribution in [-0.2, 0) is 0 Å². The molecule has 5 heteroatoms. The molecule has 0 aliphatic heterocycles. The molecule has 1 aromatic carbocycles. The molecule has 2 rings (SSSR count). The summed E-state index contributed by atoms with van der Waals surface area (Å²) in [5.74, 6) is -2.15. The van der Waals surface area contributed by atoms with Gasteiger partial charge in [0.2, 0.25) is 5.82 Å². The van der Waals surface area contributed by atoms with Crippen LogP contribution in [0.2, 0.25) is 0 Å². The highest BCUT2D eigenvalue weighted by molar-refractivity contribution is 5.26. The number of pyridine rings is 1. The fraction of sp³-hybridized carbons (Fsp3) is 0.214. The number of benzene rings is 1. The SMILES string of the molecule is CC(N)C(Oc1cccc(F)c1F)c1ccccn1. The minimum Gasteiger partial charge on any atom is -0.479 e. The number of halogens is 2. The third-order valence-electron chi connectivity index (χ3n) is 2.63. The smallest absolute Gasteiger partial charge is 0.200 e. The Hall–Kier alpha value is -2.01. The van der Waals surface area contributed by atoms with Crippen LogP contribution in [0.1, 0.15) is 18.7 Å². The summed E-state index contributed by atoms with van der Waals surface area (Å²) in [6.45, 7) is 1.72. The van der Waals surface area contributed by atoms with Crippen LogP contribution in [0.3, 0.4) is 0 Å². The number of rotatable bonds is 4. The van der Waals surface area contributed by atoms with Gasteiger partial charge in [-0.3, -0.25) is 4.98 Å². The average molecular weight is 264 g/mol. The number of nitrogens with two attached hydrogens (primary N) is 1. The Morgan fingerprint density at radius 2 is 1.95 bits per heavy atom. The van der Waals surface area contributed by atoms with E-state index in [2.05, 4.69) is 4.98 Å². The largest absolute Gasteiger partial charge is 0.479 e. The quantitative estimate of drug-likeness (QED) is 0.923. The van der Waals surface area contributed by atoms with E-state index in [9.17, 15) is 8.78 Å². The molecule has 2 unspecified atom stereocenters. The molecule has 0 saturated heterocycles. The Morgan fingerprint density at radius 3 is 2.58 bits per heavy atom. The van der Waals surface area contributed by atoms with Crippen molar-refractivity contribution in [1.29, 1.82) is 0 Å². The van der Waals surface area contributed by atoms with E-state index >= 15 is 0 Å². The number of hydrogen-bond acceptors (Lipinski definition) is 3. The van der Waals surface area contributed by atoms with Crippen molar-refractivity contribution in [3.8, 4) is 5.75 Å². The van der Waals surface area contributed by atoms with Crippen molar-refractivity contribution in [3.63, 3.8) is 0 Å². The zero-order valence-electron chi connectivity index (χ0n) is 10.4.